The van der Waals surface area contributed by atoms with Crippen LogP contribution in [0.2, 0.25) is 0 Å². The maximum atomic E-state index is 13.4. The van der Waals surface area contributed by atoms with Crippen LogP contribution in [0.1, 0.15) is 18.1 Å². The van der Waals surface area contributed by atoms with Gasteiger partial charge in [0.05, 0.1) is 7.11 Å². The van der Waals surface area contributed by atoms with E-state index in [9.17, 15) is 14.0 Å². The van der Waals surface area contributed by atoms with Crippen molar-refractivity contribution in [3.8, 4) is 11.5 Å². The molecule has 178 valence electrons. The first-order chi connectivity index (χ1) is 16.5. The van der Waals surface area contributed by atoms with E-state index in [1.54, 1.807) is 43.5 Å². The lowest BCUT2D eigenvalue weighted by molar-refractivity contribution is -0.142. The minimum absolute atomic E-state index is 0.139. The number of hydrogen-bond acceptors (Lipinski definition) is 4. The fourth-order valence-corrected chi connectivity index (χ4v) is 3.53. The van der Waals surface area contributed by atoms with Crippen molar-refractivity contribution in [1.82, 2.24) is 10.2 Å². The minimum atomic E-state index is -0.764. The van der Waals surface area contributed by atoms with Crippen LogP contribution in [0.4, 0.5) is 4.39 Å². The average Bonchev–Trinajstić information content (AvgIpc) is 2.87. The van der Waals surface area contributed by atoms with Crippen molar-refractivity contribution in [2.45, 2.75) is 25.9 Å². The van der Waals surface area contributed by atoms with Crippen LogP contribution in [0.25, 0.3) is 0 Å². The summed E-state index contributed by atoms with van der Waals surface area (Å²) in [7, 11) is 1.57. The molecule has 3 aromatic rings. The minimum Gasteiger partial charge on any atom is -0.497 e. The van der Waals surface area contributed by atoms with Gasteiger partial charge in [-0.2, -0.15) is 0 Å². The molecule has 7 heteroatoms. The molecule has 6 nitrogen and oxygen atoms in total. The molecule has 0 bridgehead atoms. The van der Waals surface area contributed by atoms with Gasteiger partial charge < -0.3 is 19.7 Å². The quantitative estimate of drug-likeness (QED) is 0.466. The molecule has 3 aromatic carbocycles. The predicted molar refractivity (Wildman–Crippen MR) is 128 cm³/mol. The molecule has 0 aliphatic heterocycles. The first-order valence-electron chi connectivity index (χ1n) is 11.1. The second-order valence-electron chi connectivity index (χ2n) is 7.71. The summed E-state index contributed by atoms with van der Waals surface area (Å²) in [6, 6.07) is 21.5. The molecule has 1 atom stereocenters. The van der Waals surface area contributed by atoms with E-state index in [0.717, 1.165) is 5.56 Å². The number of carbonyl (C=O) groups excluding carboxylic acids is 2. The third-order valence-electron chi connectivity index (χ3n) is 5.31. The van der Waals surface area contributed by atoms with Crippen LogP contribution in [-0.2, 0) is 22.6 Å². The Morgan fingerprint density at radius 2 is 1.56 bits per heavy atom. The summed E-state index contributed by atoms with van der Waals surface area (Å²) >= 11 is 0. The van der Waals surface area contributed by atoms with Gasteiger partial charge in [0.15, 0.2) is 6.61 Å². The molecule has 0 aromatic heterocycles. The number of rotatable bonds is 11. The number of hydrogen-bond donors (Lipinski definition) is 1. The van der Waals surface area contributed by atoms with Crippen LogP contribution >= 0.6 is 0 Å². The number of benzene rings is 3. The lowest BCUT2D eigenvalue weighted by atomic mass is 10.0. The second kappa shape index (κ2) is 12.4. The number of ether oxygens (including phenoxy) is 2. The van der Waals surface area contributed by atoms with Gasteiger partial charge in [-0.05, 0) is 54.4 Å². The average molecular weight is 465 g/mol. The summed E-state index contributed by atoms with van der Waals surface area (Å²) in [5, 5.41) is 2.84. The van der Waals surface area contributed by atoms with Crippen LogP contribution in [0.15, 0.2) is 78.9 Å². The Kier molecular flexibility index (Phi) is 9.03. The molecule has 0 saturated carbocycles. The van der Waals surface area contributed by atoms with Crippen molar-refractivity contribution in [2.24, 2.45) is 0 Å². The third-order valence-corrected chi connectivity index (χ3v) is 5.31. The van der Waals surface area contributed by atoms with Gasteiger partial charge in [-0.1, -0.05) is 42.5 Å². The van der Waals surface area contributed by atoms with Crippen molar-refractivity contribution in [3.63, 3.8) is 0 Å². The molecule has 1 N–H and O–H groups in total. The Hall–Kier alpha value is -3.87. The zero-order chi connectivity index (χ0) is 24.3. The first kappa shape index (κ1) is 24.8. The van der Waals surface area contributed by atoms with Crippen LogP contribution in [0, 0.1) is 5.82 Å². The number of nitrogens with zero attached hydrogens (tertiary/aromatic N) is 1. The highest BCUT2D eigenvalue weighted by Crippen LogP contribution is 2.19. The van der Waals surface area contributed by atoms with Gasteiger partial charge in [0.2, 0.25) is 5.91 Å². The maximum absolute atomic E-state index is 13.4. The van der Waals surface area contributed by atoms with Crippen molar-refractivity contribution < 1.29 is 23.5 Å². The Morgan fingerprint density at radius 3 is 2.18 bits per heavy atom. The molecular formula is C27H29FN2O4. The summed E-state index contributed by atoms with van der Waals surface area (Å²) in [5.74, 6) is 0.205. The van der Waals surface area contributed by atoms with Crippen molar-refractivity contribution in [3.05, 3.63) is 95.8 Å². The van der Waals surface area contributed by atoms with Crippen LogP contribution in [-0.4, -0.2) is 43.0 Å². The highest BCUT2D eigenvalue weighted by molar-refractivity contribution is 5.88. The van der Waals surface area contributed by atoms with E-state index < -0.39 is 6.04 Å². The smallest absolute Gasteiger partial charge is 0.261 e. The zero-order valence-electron chi connectivity index (χ0n) is 19.4. The third kappa shape index (κ3) is 7.07. The van der Waals surface area contributed by atoms with E-state index >= 15 is 0 Å². The Morgan fingerprint density at radius 1 is 0.912 bits per heavy atom. The summed E-state index contributed by atoms with van der Waals surface area (Å²) in [6.07, 6.45) is 0.335. The van der Waals surface area contributed by atoms with E-state index in [2.05, 4.69) is 5.32 Å². The summed E-state index contributed by atoms with van der Waals surface area (Å²) in [4.78, 5) is 27.9. The first-order valence-corrected chi connectivity index (χ1v) is 11.1. The van der Waals surface area contributed by atoms with Crippen molar-refractivity contribution in [2.75, 3.05) is 20.3 Å². The molecule has 0 fully saturated rings. The zero-order valence-corrected chi connectivity index (χ0v) is 19.4. The highest BCUT2D eigenvalue weighted by atomic mass is 19.1. The molecule has 0 aliphatic rings. The Bertz CT molecular complexity index is 1060. The molecule has 0 radical (unpaired) electrons. The van der Waals surface area contributed by atoms with Crippen molar-refractivity contribution in [1.29, 1.82) is 0 Å². The normalized spacial score (nSPS) is 11.4. The predicted octanol–water partition coefficient (Wildman–Crippen LogP) is 3.99. The van der Waals surface area contributed by atoms with Gasteiger partial charge in [0.1, 0.15) is 23.4 Å². The van der Waals surface area contributed by atoms with Crippen molar-refractivity contribution >= 4 is 11.8 Å². The van der Waals surface area contributed by atoms with Gasteiger partial charge in [-0.3, -0.25) is 9.59 Å². The van der Waals surface area contributed by atoms with Crippen LogP contribution in [0.5, 0.6) is 11.5 Å². The molecule has 0 spiro atoms. The molecule has 3 rings (SSSR count). The summed E-state index contributed by atoms with van der Waals surface area (Å²) in [5.41, 5.74) is 1.63. The fraction of sp³-hybridized carbons (Fsp3) is 0.259. The van der Waals surface area contributed by atoms with Gasteiger partial charge in [0.25, 0.3) is 5.91 Å². The molecule has 2 amide bonds. The maximum Gasteiger partial charge on any atom is 0.261 e. The molecule has 34 heavy (non-hydrogen) atoms. The molecular weight excluding hydrogens is 435 g/mol. The molecule has 0 saturated heterocycles. The topological polar surface area (TPSA) is 67.9 Å². The second-order valence-corrected chi connectivity index (χ2v) is 7.71. The van der Waals surface area contributed by atoms with Crippen LogP contribution < -0.4 is 14.8 Å². The van der Waals surface area contributed by atoms with E-state index in [0.29, 0.717) is 30.0 Å². The summed E-state index contributed by atoms with van der Waals surface area (Å²) < 4.78 is 24.3. The van der Waals surface area contributed by atoms with E-state index in [-0.39, 0.29) is 30.8 Å². The number of methoxy groups -OCH3 is 1. The highest BCUT2D eigenvalue weighted by Gasteiger charge is 2.30. The standard InChI is InChI=1S/C27H29FN2O4/c1-3-29-27(32)25(17-20-7-5-4-6-8-20)30(18-21-9-11-22(28)12-10-21)26(31)19-34-24-15-13-23(33-2)14-16-24/h4-16,25H,3,17-19H2,1-2H3,(H,29,32). The van der Waals surface area contributed by atoms with Crippen LogP contribution in [0.3, 0.4) is 0 Å². The number of nitrogens with one attached hydrogen (secondary N) is 1. The lowest BCUT2D eigenvalue weighted by Crippen LogP contribution is -2.51. The molecule has 0 heterocycles. The number of amides is 2. The van der Waals surface area contributed by atoms with Gasteiger partial charge in [-0.15, -0.1) is 0 Å². The largest absolute Gasteiger partial charge is 0.497 e. The number of halogens is 1. The monoisotopic (exact) mass is 464 g/mol. The van der Waals surface area contributed by atoms with Gasteiger partial charge in [0, 0.05) is 19.5 Å². The fourth-order valence-electron chi connectivity index (χ4n) is 3.53. The Labute approximate surface area is 199 Å². The van der Waals surface area contributed by atoms with E-state index in [1.807, 2.05) is 37.3 Å². The molecule has 1 unspecified atom stereocenters. The summed E-state index contributed by atoms with van der Waals surface area (Å²) in [6.45, 7) is 2.15. The number of carbonyl (C=O) groups is 2. The van der Waals surface area contributed by atoms with Gasteiger partial charge >= 0.3 is 0 Å². The number of likely N-dealkylation sites (N-methyl/N-ethyl adjacent to an activating group) is 1. The Balaban J connectivity index is 1.85. The SMILES string of the molecule is CCNC(=O)C(Cc1ccccc1)N(Cc1ccc(F)cc1)C(=O)COc1ccc(OC)cc1. The molecule has 0 aliphatic carbocycles. The van der Waals surface area contributed by atoms with E-state index in [1.165, 1.54) is 17.0 Å². The lowest BCUT2D eigenvalue weighted by Gasteiger charge is -2.31. The van der Waals surface area contributed by atoms with Gasteiger partial charge in [-0.25, -0.2) is 4.39 Å². The van der Waals surface area contributed by atoms with E-state index in [4.69, 9.17) is 9.47 Å².